The zero-order valence-corrected chi connectivity index (χ0v) is 12.8. The van der Waals surface area contributed by atoms with E-state index in [1.807, 2.05) is 24.3 Å². The van der Waals surface area contributed by atoms with E-state index >= 15 is 0 Å². The van der Waals surface area contributed by atoms with Crippen LogP contribution in [0.4, 0.5) is 10.5 Å². The third kappa shape index (κ3) is 5.02. The predicted octanol–water partition coefficient (Wildman–Crippen LogP) is 2.00. The van der Waals surface area contributed by atoms with Gasteiger partial charge in [0.1, 0.15) is 0 Å². The molecule has 0 spiro atoms. The number of amides is 2. The van der Waals surface area contributed by atoms with Crippen molar-refractivity contribution >= 4 is 11.7 Å². The lowest BCUT2D eigenvalue weighted by Gasteiger charge is -2.15. The summed E-state index contributed by atoms with van der Waals surface area (Å²) in [5, 5.41) is 15.1. The number of aliphatic hydroxyl groups is 1. The van der Waals surface area contributed by atoms with Crippen LogP contribution in [0.15, 0.2) is 24.3 Å². The van der Waals surface area contributed by atoms with Crippen molar-refractivity contribution in [2.24, 2.45) is 0 Å². The van der Waals surface area contributed by atoms with Crippen LogP contribution in [-0.4, -0.2) is 48.3 Å². The maximum Gasteiger partial charge on any atom is 0.319 e. The molecule has 1 saturated heterocycles. The fourth-order valence-electron chi connectivity index (χ4n) is 2.47. The van der Waals surface area contributed by atoms with E-state index in [1.54, 1.807) is 0 Å². The van der Waals surface area contributed by atoms with Gasteiger partial charge in [0.2, 0.25) is 0 Å². The first kappa shape index (κ1) is 15.8. The first-order chi connectivity index (χ1) is 10.0. The van der Waals surface area contributed by atoms with Gasteiger partial charge in [0.05, 0.1) is 6.10 Å². The predicted molar refractivity (Wildman–Crippen MR) is 84.6 cm³/mol. The molecule has 116 valence electrons. The van der Waals surface area contributed by atoms with Gasteiger partial charge < -0.3 is 15.7 Å². The highest BCUT2D eigenvalue weighted by Crippen LogP contribution is 2.16. The monoisotopic (exact) mass is 291 g/mol. The molecule has 1 atom stereocenters. The van der Waals surface area contributed by atoms with Gasteiger partial charge in [-0.25, -0.2) is 4.79 Å². The topological polar surface area (TPSA) is 64.6 Å². The fourth-order valence-corrected chi connectivity index (χ4v) is 2.47. The number of aliphatic hydroxyl groups excluding tert-OH is 1. The Kier molecular flexibility index (Phi) is 5.59. The quantitative estimate of drug-likeness (QED) is 0.777. The van der Waals surface area contributed by atoms with Crippen LogP contribution in [0, 0.1) is 0 Å². The number of likely N-dealkylation sites (tertiary alicyclic amines) is 1. The molecule has 2 rings (SSSR count). The SMILES string of the molecule is CC(C)c1ccc(NC(=O)NCCN2CC[C@H](O)C2)cc1. The summed E-state index contributed by atoms with van der Waals surface area (Å²) in [4.78, 5) is 13.9. The Balaban J connectivity index is 1.69. The molecule has 21 heavy (non-hydrogen) atoms. The van der Waals surface area contributed by atoms with Crippen molar-refractivity contribution in [1.29, 1.82) is 0 Å². The molecule has 0 bridgehead atoms. The molecule has 3 N–H and O–H groups in total. The van der Waals surface area contributed by atoms with Crippen LogP contribution in [0.5, 0.6) is 0 Å². The first-order valence-corrected chi connectivity index (χ1v) is 7.60. The molecule has 1 fully saturated rings. The maximum atomic E-state index is 11.8. The summed E-state index contributed by atoms with van der Waals surface area (Å²) in [5.74, 6) is 0.490. The van der Waals surface area contributed by atoms with Gasteiger partial charge in [-0.05, 0) is 30.0 Å². The molecule has 0 aromatic heterocycles. The Morgan fingerprint density at radius 2 is 2.10 bits per heavy atom. The summed E-state index contributed by atoms with van der Waals surface area (Å²) in [6, 6.07) is 7.72. The van der Waals surface area contributed by atoms with Crippen molar-refractivity contribution in [1.82, 2.24) is 10.2 Å². The second-order valence-corrected chi connectivity index (χ2v) is 5.90. The lowest BCUT2D eigenvalue weighted by molar-refractivity contribution is 0.176. The molecule has 1 aromatic carbocycles. The molecule has 1 aliphatic heterocycles. The van der Waals surface area contributed by atoms with E-state index in [0.29, 0.717) is 19.0 Å². The van der Waals surface area contributed by atoms with Crippen LogP contribution < -0.4 is 10.6 Å². The molecule has 0 radical (unpaired) electrons. The number of carbonyl (C=O) groups excluding carboxylic acids is 1. The van der Waals surface area contributed by atoms with Crippen LogP contribution in [0.2, 0.25) is 0 Å². The van der Waals surface area contributed by atoms with Gasteiger partial charge in [-0.1, -0.05) is 26.0 Å². The number of rotatable bonds is 5. The average molecular weight is 291 g/mol. The largest absolute Gasteiger partial charge is 0.392 e. The van der Waals surface area contributed by atoms with Crippen molar-refractivity contribution in [3.63, 3.8) is 0 Å². The minimum Gasteiger partial charge on any atom is -0.392 e. The Hall–Kier alpha value is -1.59. The zero-order valence-electron chi connectivity index (χ0n) is 12.8. The highest BCUT2D eigenvalue weighted by molar-refractivity contribution is 5.89. The van der Waals surface area contributed by atoms with Gasteiger partial charge in [-0.2, -0.15) is 0 Å². The summed E-state index contributed by atoms with van der Waals surface area (Å²) >= 11 is 0. The van der Waals surface area contributed by atoms with Gasteiger partial charge in [0, 0.05) is 31.9 Å². The normalized spacial score (nSPS) is 19.0. The Morgan fingerprint density at radius 1 is 1.38 bits per heavy atom. The number of hydrogen-bond donors (Lipinski definition) is 3. The summed E-state index contributed by atoms with van der Waals surface area (Å²) < 4.78 is 0. The van der Waals surface area contributed by atoms with Gasteiger partial charge in [-0.3, -0.25) is 4.90 Å². The first-order valence-electron chi connectivity index (χ1n) is 7.60. The number of nitrogens with one attached hydrogen (secondary N) is 2. The second-order valence-electron chi connectivity index (χ2n) is 5.90. The molecule has 5 nitrogen and oxygen atoms in total. The van der Waals surface area contributed by atoms with Crippen LogP contribution in [0.1, 0.15) is 31.7 Å². The van der Waals surface area contributed by atoms with Crippen molar-refractivity contribution in [3.05, 3.63) is 29.8 Å². The number of anilines is 1. The van der Waals surface area contributed by atoms with Crippen molar-refractivity contribution in [2.45, 2.75) is 32.3 Å². The van der Waals surface area contributed by atoms with E-state index in [4.69, 9.17) is 0 Å². The lowest BCUT2D eigenvalue weighted by atomic mass is 10.0. The van der Waals surface area contributed by atoms with Gasteiger partial charge >= 0.3 is 6.03 Å². The number of nitrogens with zero attached hydrogens (tertiary/aromatic N) is 1. The zero-order chi connectivity index (χ0) is 15.2. The minimum atomic E-state index is -0.210. The summed E-state index contributed by atoms with van der Waals surface area (Å²) in [5.41, 5.74) is 2.06. The number of benzene rings is 1. The summed E-state index contributed by atoms with van der Waals surface area (Å²) in [7, 11) is 0. The molecule has 1 aliphatic rings. The fraction of sp³-hybridized carbons (Fsp3) is 0.562. The molecule has 1 aromatic rings. The van der Waals surface area contributed by atoms with Crippen LogP contribution in [-0.2, 0) is 0 Å². The van der Waals surface area contributed by atoms with E-state index < -0.39 is 0 Å². The molecule has 0 saturated carbocycles. The molecule has 1 heterocycles. The van der Waals surface area contributed by atoms with Crippen LogP contribution in [0.25, 0.3) is 0 Å². The molecular formula is C16H25N3O2. The van der Waals surface area contributed by atoms with Gasteiger partial charge in [-0.15, -0.1) is 0 Å². The van der Waals surface area contributed by atoms with E-state index in [2.05, 4.69) is 29.4 Å². The summed E-state index contributed by atoms with van der Waals surface area (Å²) in [6.45, 7) is 7.26. The Morgan fingerprint density at radius 3 is 2.67 bits per heavy atom. The number of hydrogen-bond acceptors (Lipinski definition) is 3. The molecule has 0 aliphatic carbocycles. The molecular weight excluding hydrogens is 266 g/mol. The van der Waals surface area contributed by atoms with E-state index in [-0.39, 0.29) is 12.1 Å². The van der Waals surface area contributed by atoms with Crippen molar-refractivity contribution < 1.29 is 9.90 Å². The van der Waals surface area contributed by atoms with Gasteiger partial charge in [0.15, 0.2) is 0 Å². The lowest BCUT2D eigenvalue weighted by Crippen LogP contribution is -2.36. The number of carbonyl (C=O) groups is 1. The highest BCUT2D eigenvalue weighted by atomic mass is 16.3. The van der Waals surface area contributed by atoms with Gasteiger partial charge in [0.25, 0.3) is 0 Å². The molecule has 0 unspecified atom stereocenters. The maximum absolute atomic E-state index is 11.8. The third-order valence-corrected chi connectivity index (χ3v) is 3.80. The Labute approximate surface area is 126 Å². The highest BCUT2D eigenvalue weighted by Gasteiger charge is 2.19. The molecule has 2 amide bonds. The minimum absolute atomic E-state index is 0.188. The standard InChI is InChI=1S/C16H25N3O2/c1-12(2)13-3-5-14(6-4-13)18-16(21)17-8-10-19-9-7-15(20)11-19/h3-6,12,15,20H,7-11H2,1-2H3,(H2,17,18,21)/t15-/m0/s1. The second kappa shape index (κ2) is 7.43. The van der Waals surface area contributed by atoms with Crippen LogP contribution in [0.3, 0.4) is 0 Å². The van der Waals surface area contributed by atoms with Crippen LogP contribution >= 0.6 is 0 Å². The third-order valence-electron chi connectivity index (χ3n) is 3.80. The average Bonchev–Trinajstić information content (AvgIpc) is 2.85. The van der Waals surface area contributed by atoms with Crippen molar-refractivity contribution in [2.75, 3.05) is 31.5 Å². The Bertz CT molecular complexity index is 459. The van der Waals surface area contributed by atoms with E-state index in [9.17, 15) is 9.90 Å². The van der Waals surface area contributed by atoms with E-state index in [0.717, 1.165) is 25.2 Å². The molecule has 5 heteroatoms. The number of urea groups is 1. The number of β-amino-alcohol motifs (C(OH)–C–C–N with tert-alkyl or cyclic N) is 1. The van der Waals surface area contributed by atoms with Crippen molar-refractivity contribution in [3.8, 4) is 0 Å². The smallest absolute Gasteiger partial charge is 0.319 e. The summed E-state index contributed by atoms with van der Waals surface area (Å²) in [6.07, 6.45) is 0.618. The van der Waals surface area contributed by atoms with E-state index in [1.165, 1.54) is 5.56 Å².